The normalized spacial score (nSPS) is 11.8. The third-order valence-electron chi connectivity index (χ3n) is 4.41. The molecule has 0 spiro atoms. The quantitative estimate of drug-likeness (QED) is 0.439. The zero-order chi connectivity index (χ0) is 19.6. The van der Waals surface area contributed by atoms with Crippen molar-refractivity contribution in [3.8, 4) is 11.3 Å². The summed E-state index contributed by atoms with van der Waals surface area (Å²) in [7, 11) is 1.64. The lowest BCUT2D eigenvalue weighted by molar-refractivity contribution is -0.384. The molecule has 3 rings (SSSR count). The van der Waals surface area contributed by atoms with Crippen LogP contribution in [0.5, 0.6) is 0 Å². The maximum Gasteiger partial charge on any atom is 0.289 e. The first-order valence-electron chi connectivity index (χ1n) is 8.24. The van der Waals surface area contributed by atoms with E-state index in [9.17, 15) is 14.9 Å². The zero-order valence-electron chi connectivity index (χ0n) is 14.8. The molecule has 0 fully saturated rings. The Morgan fingerprint density at radius 1 is 1.15 bits per heavy atom. The highest BCUT2D eigenvalue weighted by molar-refractivity contribution is 6.30. The van der Waals surface area contributed by atoms with E-state index in [1.54, 1.807) is 50.4 Å². The van der Waals surface area contributed by atoms with Crippen LogP contribution < -0.4 is 0 Å². The molecule has 0 saturated carbocycles. The average Bonchev–Trinajstić information content (AvgIpc) is 3.17. The molecule has 1 heterocycles. The van der Waals surface area contributed by atoms with Crippen LogP contribution in [0.2, 0.25) is 5.02 Å². The highest BCUT2D eigenvalue weighted by Gasteiger charge is 2.23. The van der Waals surface area contributed by atoms with Gasteiger partial charge in [0.25, 0.3) is 11.6 Å². The molecule has 0 saturated heterocycles. The molecule has 6 nitrogen and oxygen atoms in total. The molecule has 1 atom stereocenters. The summed E-state index contributed by atoms with van der Waals surface area (Å²) in [6.07, 6.45) is 0. The average molecular weight is 385 g/mol. The molecule has 0 aliphatic rings. The second-order valence-corrected chi connectivity index (χ2v) is 6.55. The van der Waals surface area contributed by atoms with Gasteiger partial charge in [-0.2, -0.15) is 0 Å². The molecule has 0 radical (unpaired) electrons. The summed E-state index contributed by atoms with van der Waals surface area (Å²) in [5, 5.41) is 11.6. The number of halogens is 1. The molecule has 2 aromatic carbocycles. The van der Waals surface area contributed by atoms with E-state index in [1.807, 2.05) is 12.1 Å². The Morgan fingerprint density at radius 3 is 2.52 bits per heavy atom. The van der Waals surface area contributed by atoms with Crippen molar-refractivity contribution in [3.05, 3.63) is 87.1 Å². The van der Waals surface area contributed by atoms with Crippen LogP contribution >= 0.6 is 11.6 Å². The number of amides is 1. The summed E-state index contributed by atoms with van der Waals surface area (Å²) in [5.41, 5.74) is 1.47. The van der Waals surface area contributed by atoms with Gasteiger partial charge in [-0.15, -0.1) is 0 Å². The molecule has 1 aromatic heterocycles. The zero-order valence-corrected chi connectivity index (χ0v) is 15.5. The Bertz CT molecular complexity index is 982. The fraction of sp³-hybridized carbons (Fsp3) is 0.150. The largest absolute Gasteiger partial charge is 0.451 e. The van der Waals surface area contributed by atoms with Gasteiger partial charge in [-0.1, -0.05) is 23.7 Å². The first-order valence-corrected chi connectivity index (χ1v) is 8.62. The summed E-state index contributed by atoms with van der Waals surface area (Å²) in [4.78, 5) is 24.7. The van der Waals surface area contributed by atoms with E-state index in [-0.39, 0.29) is 23.4 Å². The summed E-state index contributed by atoms with van der Waals surface area (Å²) >= 11 is 5.89. The fourth-order valence-electron chi connectivity index (χ4n) is 2.69. The van der Waals surface area contributed by atoms with Crippen LogP contribution in [0, 0.1) is 10.1 Å². The molecular formula is C20H17ClN2O4. The van der Waals surface area contributed by atoms with E-state index in [1.165, 1.54) is 17.0 Å². The van der Waals surface area contributed by atoms with Crippen LogP contribution in [0.4, 0.5) is 5.69 Å². The number of rotatable bonds is 5. The Kier molecular flexibility index (Phi) is 5.28. The predicted octanol–water partition coefficient (Wildman–Crippen LogP) is 5.34. The van der Waals surface area contributed by atoms with Gasteiger partial charge in [0.05, 0.1) is 11.0 Å². The molecule has 0 aliphatic carbocycles. The van der Waals surface area contributed by atoms with E-state index in [0.717, 1.165) is 5.56 Å². The summed E-state index contributed by atoms with van der Waals surface area (Å²) < 4.78 is 5.70. The Hall–Kier alpha value is -3.12. The minimum absolute atomic E-state index is 0.0109. The van der Waals surface area contributed by atoms with Crippen molar-refractivity contribution in [2.24, 2.45) is 0 Å². The second kappa shape index (κ2) is 7.63. The minimum Gasteiger partial charge on any atom is -0.451 e. The number of hydrogen-bond acceptors (Lipinski definition) is 4. The van der Waals surface area contributed by atoms with Crippen molar-refractivity contribution >= 4 is 23.2 Å². The fourth-order valence-corrected chi connectivity index (χ4v) is 2.82. The van der Waals surface area contributed by atoms with Crippen molar-refractivity contribution in [1.82, 2.24) is 4.90 Å². The molecule has 7 heteroatoms. The van der Waals surface area contributed by atoms with Crippen LogP contribution in [0.25, 0.3) is 11.3 Å². The topological polar surface area (TPSA) is 76.6 Å². The number of carbonyl (C=O) groups is 1. The summed E-state index contributed by atoms with van der Waals surface area (Å²) in [5.74, 6) is 0.445. The van der Waals surface area contributed by atoms with Crippen LogP contribution in [0.1, 0.15) is 29.1 Å². The van der Waals surface area contributed by atoms with Gasteiger partial charge in [-0.05, 0) is 48.9 Å². The number of nitrogens with zero attached hydrogens (tertiary/aromatic N) is 2. The van der Waals surface area contributed by atoms with Crippen LogP contribution in [-0.4, -0.2) is 22.8 Å². The van der Waals surface area contributed by atoms with E-state index in [0.29, 0.717) is 16.3 Å². The van der Waals surface area contributed by atoms with Gasteiger partial charge in [0, 0.05) is 29.8 Å². The van der Waals surface area contributed by atoms with Crippen molar-refractivity contribution in [2.75, 3.05) is 7.05 Å². The van der Waals surface area contributed by atoms with Gasteiger partial charge in [0.1, 0.15) is 5.76 Å². The van der Waals surface area contributed by atoms with Gasteiger partial charge in [-0.25, -0.2) is 0 Å². The molecule has 3 aromatic rings. The van der Waals surface area contributed by atoms with Crippen molar-refractivity contribution in [3.63, 3.8) is 0 Å². The highest BCUT2D eigenvalue weighted by atomic mass is 35.5. The Balaban J connectivity index is 1.80. The monoisotopic (exact) mass is 384 g/mol. The molecule has 0 N–H and O–H groups in total. The summed E-state index contributed by atoms with van der Waals surface area (Å²) in [6, 6.07) is 16.3. The number of hydrogen-bond donors (Lipinski definition) is 0. The molecule has 0 bridgehead atoms. The van der Waals surface area contributed by atoms with Gasteiger partial charge in [0.2, 0.25) is 0 Å². The molecular weight excluding hydrogens is 368 g/mol. The number of non-ortho nitro benzene ring substituents is 1. The highest BCUT2D eigenvalue weighted by Crippen LogP contribution is 2.27. The van der Waals surface area contributed by atoms with Crippen molar-refractivity contribution in [2.45, 2.75) is 13.0 Å². The van der Waals surface area contributed by atoms with Gasteiger partial charge in [0.15, 0.2) is 5.76 Å². The smallest absolute Gasteiger partial charge is 0.289 e. The number of carbonyl (C=O) groups excluding carboxylic acids is 1. The minimum atomic E-state index is -0.455. The maximum absolute atomic E-state index is 12.8. The molecule has 1 amide bonds. The lowest BCUT2D eigenvalue weighted by atomic mass is 10.1. The third kappa shape index (κ3) is 4.01. The SMILES string of the molecule is CC(c1cccc([N+](=O)[O-])c1)N(C)C(=O)c1ccc(-c2ccc(Cl)cc2)o1. The first-order chi connectivity index (χ1) is 12.9. The van der Waals surface area contributed by atoms with E-state index >= 15 is 0 Å². The standard InChI is InChI=1S/C20H17ClN2O4/c1-13(15-4-3-5-17(12-15)23(25)26)22(2)20(24)19-11-10-18(27-19)14-6-8-16(21)9-7-14/h3-13H,1-2H3. The number of benzene rings is 2. The van der Waals surface area contributed by atoms with Crippen molar-refractivity contribution in [1.29, 1.82) is 0 Å². The van der Waals surface area contributed by atoms with Crippen LogP contribution in [0.15, 0.2) is 65.1 Å². The van der Waals surface area contributed by atoms with Crippen LogP contribution in [0.3, 0.4) is 0 Å². The lowest BCUT2D eigenvalue weighted by Crippen LogP contribution is -2.29. The predicted molar refractivity (Wildman–Crippen MR) is 103 cm³/mol. The maximum atomic E-state index is 12.8. The Morgan fingerprint density at radius 2 is 1.85 bits per heavy atom. The Labute approximate surface area is 161 Å². The summed E-state index contributed by atoms with van der Waals surface area (Å²) in [6.45, 7) is 1.81. The number of nitro groups is 1. The van der Waals surface area contributed by atoms with E-state index in [4.69, 9.17) is 16.0 Å². The first kappa shape index (κ1) is 18.7. The lowest BCUT2D eigenvalue weighted by Gasteiger charge is -2.24. The van der Waals surface area contributed by atoms with Gasteiger partial charge < -0.3 is 9.32 Å². The molecule has 27 heavy (non-hydrogen) atoms. The number of nitro benzene ring substituents is 1. The number of furan rings is 1. The van der Waals surface area contributed by atoms with Crippen molar-refractivity contribution < 1.29 is 14.1 Å². The second-order valence-electron chi connectivity index (χ2n) is 6.11. The molecule has 0 aliphatic heterocycles. The van der Waals surface area contributed by atoms with Gasteiger partial charge in [-0.3, -0.25) is 14.9 Å². The van der Waals surface area contributed by atoms with Gasteiger partial charge >= 0.3 is 0 Å². The van der Waals surface area contributed by atoms with E-state index in [2.05, 4.69) is 0 Å². The molecule has 138 valence electrons. The van der Waals surface area contributed by atoms with E-state index < -0.39 is 4.92 Å². The van der Waals surface area contributed by atoms with Crippen LogP contribution in [-0.2, 0) is 0 Å². The third-order valence-corrected chi connectivity index (χ3v) is 4.66. The molecule has 1 unspecified atom stereocenters.